The number of nitrogens with one attached hydrogen (secondary N) is 1. The maximum absolute atomic E-state index is 13.0. The number of rotatable bonds is 5. The van der Waals surface area contributed by atoms with Crippen molar-refractivity contribution in [3.05, 3.63) is 78.4 Å². The maximum atomic E-state index is 13.0. The summed E-state index contributed by atoms with van der Waals surface area (Å²) in [5, 5.41) is 17.5. The van der Waals surface area contributed by atoms with E-state index in [1.54, 1.807) is 12.4 Å². The molecule has 3 heterocycles. The van der Waals surface area contributed by atoms with Gasteiger partial charge in [-0.1, -0.05) is 25.0 Å². The quantitative estimate of drug-likeness (QED) is 0.524. The second kappa shape index (κ2) is 8.35. The van der Waals surface area contributed by atoms with Gasteiger partial charge in [0.15, 0.2) is 0 Å². The summed E-state index contributed by atoms with van der Waals surface area (Å²) >= 11 is 0. The fraction of sp³-hybridized carbons (Fsp3) is 0.292. The molecule has 0 aliphatic heterocycles. The zero-order valence-corrected chi connectivity index (χ0v) is 17.2. The molecular weight excluding hydrogens is 390 g/mol. The molecule has 2 N–H and O–H groups in total. The average molecular weight is 415 g/mol. The highest BCUT2D eigenvalue weighted by atomic mass is 16.3. The highest BCUT2D eigenvalue weighted by Crippen LogP contribution is 2.23. The van der Waals surface area contributed by atoms with Crippen LogP contribution in [0.1, 0.15) is 41.6 Å². The molecule has 1 amide bonds. The first kappa shape index (κ1) is 19.5. The van der Waals surface area contributed by atoms with E-state index < -0.39 is 6.10 Å². The molecule has 1 aliphatic carbocycles. The van der Waals surface area contributed by atoms with Crippen LogP contribution in [0.5, 0.6) is 0 Å². The van der Waals surface area contributed by atoms with E-state index in [0.29, 0.717) is 17.6 Å². The first-order valence-corrected chi connectivity index (χ1v) is 10.7. The Morgan fingerprint density at radius 1 is 1.10 bits per heavy atom. The Hall–Kier alpha value is -3.45. The number of carbonyl (C=O) groups is 1. The van der Waals surface area contributed by atoms with Gasteiger partial charge in [0.1, 0.15) is 5.52 Å². The predicted octanol–water partition coefficient (Wildman–Crippen LogP) is 3.30. The van der Waals surface area contributed by atoms with E-state index >= 15 is 0 Å². The van der Waals surface area contributed by atoms with Gasteiger partial charge in [-0.2, -0.15) is 5.10 Å². The molecule has 1 fully saturated rings. The largest absolute Gasteiger partial charge is 0.391 e. The topological polar surface area (TPSA) is 85.0 Å². The fourth-order valence-electron chi connectivity index (χ4n) is 4.32. The van der Waals surface area contributed by atoms with E-state index in [9.17, 15) is 9.90 Å². The van der Waals surface area contributed by atoms with Crippen molar-refractivity contribution in [1.82, 2.24) is 24.6 Å². The molecule has 7 heteroatoms. The molecule has 3 aromatic heterocycles. The van der Waals surface area contributed by atoms with Gasteiger partial charge in [0.2, 0.25) is 0 Å². The number of pyridine rings is 1. The minimum atomic E-state index is -0.479. The van der Waals surface area contributed by atoms with Crippen molar-refractivity contribution < 1.29 is 9.90 Å². The van der Waals surface area contributed by atoms with Crippen molar-refractivity contribution in [3.63, 3.8) is 0 Å². The molecule has 0 bridgehead atoms. The van der Waals surface area contributed by atoms with Crippen LogP contribution in [0.25, 0.3) is 16.7 Å². The molecule has 158 valence electrons. The van der Waals surface area contributed by atoms with Crippen molar-refractivity contribution in [2.45, 2.75) is 44.4 Å². The number of aliphatic hydroxyl groups excluding tert-OH is 1. The highest BCUT2D eigenvalue weighted by Gasteiger charge is 2.26. The van der Waals surface area contributed by atoms with Crippen LogP contribution in [0.4, 0.5) is 0 Å². The van der Waals surface area contributed by atoms with E-state index in [0.717, 1.165) is 42.5 Å². The smallest absolute Gasteiger partial charge is 0.255 e. The van der Waals surface area contributed by atoms with Crippen LogP contribution in [-0.2, 0) is 6.54 Å². The van der Waals surface area contributed by atoms with E-state index in [1.807, 2.05) is 47.4 Å². The lowest BCUT2D eigenvalue weighted by atomic mass is 9.92. The molecule has 0 saturated heterocycles. The Labute approximate surface area is 180 Å². The molecule has 1 saturated carbocycles. The Bertz CT molecular complexity index is 1180. The Kier molecular flexibility index (Phi) is 5.26. The van der Waals surface area contributed by atoms with Crippen molar-refractivity contribution in [2.75, 3.05) is 0 Å². The molecule has 31 heavy (non-hydrogen) atoms. The van der Waals surface area contributed by atoms with Gasteiger partial charge in [0.05, 0.1) is 28.9 Å². The van der Waals surface area contributed by atoms with E-state index in [-0.39, 0.29) is 11.9 Å². The van der Waals surface area contributed by atoms with Crippen LogP contribution in [0.2, 0.25) is 0 Å². The highest BCUT2D eigenvalue weighted by molar-refractivity contribution is 6.05. The lowest BCUT2D eigenvalue weighted by Crippen LogP contribution is -2.45. The lowest BCUT2D eigenvalue weighted by Gasteiger charge is -2.28. The predicted molar refractivity (Wildman–Crippen MR) is 118 cm³/mol. The number of aliphatic hydroxyl groups is 1. The first-order valence-electron chi connectivity index (χ1n) is 10.7. The van der Waals surface area contributed by atoms with Crippen LogP contribution in [0.3, 0.4) is 0 Å². The summed E-state index contributed by atoms with van der Waals surface area (Å²) in [6, 6.07) is 13.8. The third-order valence-electron chi connectivity index (χ3n) is 5.98. The zero-order valence-electron chi connectivity index (χ0n) is 17.2. The number of nitrogens with zero attached hydrogens (tertiary/aromatic N) is 4. The molecule has 2 atom stereocenters. The van der Waals surface area contributed by atoms with Crippen LogP contribution in [0, 0.1) is 0 Å². The van der Waals surface area contributed by atoms with Crippen molar-refractivity contribution in [2.24, 2.45) is 0 Å². The Balaban J connectivity index is 1.40. The minimum Gasteiger partial charge on any atom is -0.391 e. The van der Waals surface area contributed by atoms with Gasteiger partial charge in [0, 0.05) is 31.3 Å². The SMILES string of the molecule is O=C(N[C@H]1CCCC[C@@H]1O)c1cn(Cc2ccc(-n3cccn3)cc2)c2cccnc12. The molecule has 1 aliphatic rings. The number of benzene rings is 1. The van der Waals surface area contributed by atoms with Crippen LogP contribution in [-0.4, -0.2) is 42.5 Å². The minimum absolute atomic E-state index is 0.178. The van der Waals surface area contributed by atoms with Crippen molar-refractivity contribution in [1.29, 1.82) is 0 Å². The van der Waals surface area contributed by atoms with Gasteiger partial charge in [-0.25, -0.2) is 4.68 Å². The first-order chi connectivity index (χ1) is 15.2. The molecule has 4 aromatic rings. The van der Waals surface area contributed by atoms with Crippen molar-refractivity contribution >= 4 is 16.9 Å². The van der Waals surface area contributed by atoms with Gasteiger partial charge in [-0.3, -0.25) is 9.78 Å². The van der Waals surface area contributed by atoms with Gasteiger partial charge in [0.25, 0.3) is 5.91 Å². The summed E-state index contributed by atoms with van der Waals surface area (Å²) in [5.74, 6) is -0.178. The zero-order chi connectivity index (χ0) is 21.2. The second-order valence-corrected chi connectivity index (χ2v) is 8.09. The molecule has 0 spiro atoms. The second-order valence-electron chi connectivity index (χ2n) is 8.09. The molecule has 0 radical (unpaired) electrons. The Morgan fingerprint density at radius 2 is 1.94 bits per heavy atom. The van der Waals surface area contributed by atoms with Gasteiger partial charge >= 0.3 is 0 Å². The van der Waals surface area contributed by atoms with Gasteiger partial charge in [-0.05, 0) is 48.7 Å². The van der Waals surface area contributed by atoms with E-state index in [4.69, 9.17) is 0 Å². The third-order valence-corrected chi connectivity index (χ3v) is 5.98. The van der Waals surface area contributed by atoms with E-state index in [1.165, 1.54) is 0 Å². The average Bonchev–Trinajstić information content (AvgIpc) is 3.45. The number of carbonyl (C=O) groups excluding carboxylic acids is 1. The van der Waals surface area contributed by atoms with Crippen molar-refractivity contribution in [3.8, 4) is 5.69 Å². The fourth-order valence-corrected chi connectivity index (χ4v) is 4.32. The van der Waals surface area contributed by atoms with Crippen LogP contribution < -0.4 is 5.32 Å². The third kappa shape index (κ3) is 3.96. The molecule has 7 nitrogen and oxygen atoms in total. The number of hydrogen-bond donors (Lipinski definition) is 2. The normalized spacial score (nSPS) is 18.9. The summed E-state index contributed by atoms with van der Waals surface area (Å²) < 4.78 is 3.87. The standard InChI is InChI=1S/C24H25N5O2/c30-22-7-2-1-5-20(22)27-24(31)19-16-28(21-6-3-12-25-23(19)21)15-17-8-10-18(11-9-17)29-14-4-13-26-29/h3-4,6,8-14,16,20,22,30H,1-2,5,7,15H2,(H,27,31)/t20-,22-/m0/s1. The summed E-state index contributed by atoms with van der Waals surface area (Å²) in [6.07, 6.45) is 10.3. The van der Waals surface area contributed by atoms with Gasteiger partial charge in [-0.15, -0.1) is 0 Å². The summed E-state index contributed by atoms with van der Waals surface area (Å²) in [6.45, 7) is 0.626. The lowest BCUT2D eigenvalue weighted by molar-refractivity contribution is 0.0718. The monoisotopic (exact) mass is 415 g/mol. The van der Waals surface area contributed by atoms with Crippen LogP contribution >= 0.6 is 0 Å². The number of hydrogen-bond acceptors (Lipinski definition) is 4. The number of amides is 1. The number of fused-ring (bicyclic) bond motifs is 1. The molecule has 0 unspecified atom stereocenters. The molecular formula is C24H25N5O2. The van der Waals surface area contributed by atoms with Crippen LogP contribution in [0.15, 0.2) is 67.3 Å². The summed E-state index contributed by atoms with van der Waals surface area (Å²) in [5.41, 5.74) is 4.25. The molecule has 1 aromatic carbocycles. The maximum Gasteiger partial charge on any atom is 0.255 e. The molecule has 5 rings (SSSR count). The number of aromatic nitrogens is 4. The summed E-state index contributed by atoms with van der Waals surface area (Å²) in [4.78, 5) is 17.5. The summed E-state index contributed by atoms with van der Waals surface area (Å²) in [7, 11) is 0. The van der Waals surface area contributed by atoms with E-state index in [2.05, 4.69) is 32.1 Å². The Morgan fingerprint density at radius 3 is 2.71 bits per heavy atom. The van der Waals surface area contributed by atoms with Gasteiger partial charge < -0.3 is 15.0 Å².